The highest BCUT2D eigenvalue weighted by atomic mass is 127. The monoisotopic (exact) mass is 666 g/mol. The molecule has 0 aliphatic carbocycles. The van der Waals surface area contributed by atoms with E-state index < -0.39 is 0 Å². The number of benzene rings is 3. The van der Waals surface area contributed by atoms with Crippen LogP contribution >= 0.6 is 65.8 Å². The van der Waals surface area contributed by atoms with Gasteiger partial charge in [0.2, 0.25) is 0 Å². The summed E-state index contributed by atoms with van der Waals surface area (Å²) in [5.41, 5.74) is 3.65. The second-order valence-corrected chi connectivity index (χ2v) is 10.8. The average Bonchev–Trinajstić information content (AvgIpc) is 3.25. The third-order valence-corrected chi connectivity index (χ3v) is 7.65. The van der Waals surface area contributed by atoms with Crippen LogP contribution in [0.25, 0.3) is 22.1 Å². The number of ether oxygens (including phenoxy) is 1. The Bertz CT molecular complexity index is 1520. The first kappa shape index (κ1) is 21.1. The van der Waals surface area contributed by atoms with E-state index in [1.807, 2.05) is 66.7 Å². The van der Waals surface area contributed by atoms with Gasteiger partial charge >= 0.3 is 0 Å². The Balaban J connectivity index is 1.48. The fourth-order valence-corrected chi connectivity index (χ4v) is 6.32. The zero-order valence-electron chi connectivity index (χ0n) is 15.8. The second-order valence-electron chi connectivity index (χ2n) is 6.86. The number of aromatic nitrogens is 2. The summed E-state index contributed by atoms with van der Waals surface area (Å²) in [6.07, 6.45) is 1.90. The number of para-hydroxylation sites is 2. The molecule has 0 radical (unpaired) electrons. The lowest BCUT2D eigenvalue weighted by Gasteiger charge is -2.11. The molecule has 0 aliphatic heterocycles. The molecule has 3 aromatic carbocycles. The van der Waals surface area contributed by atoms with Crippen molar-refractivity contribution < 1.29 is 4.74 Å². The maximum Gasteiger partial charge on any atom is 0.274 e. The van der Waals surface area contributed by atoms with Crippen molar-refractivity contribution in [2.75, 3.05) is 0 Å². The van der Waals surface area contributed by atoms with Crippen molar-refractivity contribution in [1.29, 1.82) is 0 Å². The SMILES string of the molecule is O=c1/c(=C/c2cc(Br)c(OCc3ccc(Br)cc3)c(I)c2)sc2nc3ccccc3n12. The first-order valence-electron chi connectivity index (χ1n) is 9.27. The molecule has 31 heavy (non-hydrogen) atoms. The van der Waals surface area contributed by atoms with Crippen LogP contribution in [-0.4, -0.2) is 9.38 Å². The molecular formula is C23H13Br2IN2O2S. The van der Waals surface area contributed by atoms with Gasteiger partial charge in [-0.3, -0.25) is 4.79 Å². The van der Waals surface area contributed by atoms with Gasteiger partial charge in [-0.2, -0.15) is 0 Å². The van der Waals surface area contributed by atoms with Crippen molar-refractivity contribution in [2.45, 2.75) is 6.61 Å². The van der Waals surface area contributed by atoms with Crippen LogP contribution in [0.5, 0.6) is 5.75 Å². The highest BCUT2D eigenvalue weighted by Crippen LogP contribution is 2.33. The van der Waals surface area contributed by atoms with E-state index >= 15 is 0 Å². The molecule has 8 heteroatoms. The average molecular weight is 668 g/mol. The summed E-state index contributed by atoms with van der Waals surface area (Å²) in [4.78, 5) is 18.3. The maximum absolute atomic E-state index is 13.0. The number of halogens is 3. The van der Waals surface area contributed by atoms with Crippen molar-refractivity contribution in [1.82, 2.24) is 9.38 Å². The van der Waals surface area contributed by atoms with Crippen LogP contribution in [0.2, 0.25) is 0 Å². The van der Waals surface area contributed by atoms with E-state index in [1.54, 1.807) is 4.40 Å². The van der Waals surface area contributed by atoms with Gasteiger partial charge in [-0.1, -0.05) is 51.5 Å². The van der Waals surface area contributed by atoms with Crippen molar-refractivity contribution >= 4 is 87.9 Å². The molecule has 2 heterocycles. The highest BCUT2D eigenvalue weighted by Gasteiger charge is 2.12. The van der Waals surface area contributed by atoms with Crippen molar-refractivity contribution in [3.05, 3.63) is 99.2 Å². The highest BCUT2D eigenvalue weighted by molar-refractivity contribution is 14.1. The van der Waals surface area contributed by atoms with Crippen molar-refractivity contribution in [2.24, 2.45) is 0 Å². The predicted molar refractivity (Wildman–Crippen MR) is 141 cm³/mol. The van der Waals surface area contributed by atoms with Crippen molar-refractivity contribution in [3.63, 3.8) is 0 Å². The number of thiazole rings is 1. The lowest BCUT2D eigenvalue weighted by atomic mass is 10.2. The topological polar surface area (TPSA) is 43.6 Å². The van der Waals surface area contributed by atoms with Crippen LogP contribution in [0.3, 0.4) is 0 Å². The third-order valence-electron chi connectivity index (χ3n) is 4.76. The van der Waals surface area contributed by atoms with E-state index in [4.69, 9.17) is 4.74 Å². The quantitative estimate of drug-likeness (QED) is 0.216. The molecule has 0 atom stereocenters. The minimum absolute atomic E-state index is 0.0459. The van der Waals surface area contributed by atoms with E-state index in [2.05, 4.69) is 59.4 Å². The Hall–Kier alpha value is -1.75. The van der Waals surface area contributed by atoms with E-state index in [9.17, 15) is 4.79 Å². The fraction of sp³-hybridized carbons (Fsp3) is 0.0435. The van der Waals surface area contributed by atoms with Gasteiger partial charge in [0, 0.05) is 4.47 Å². The predicted octanol–water partition coefficient (Wildman–Crippen LogP) is 6.17. The van der Waals surface area contributed by atoms with Gasteiger partial charge in [0.25, 0.3) is 5.56 Å². The molecule has 5 rings (SSSR count). The molecule has 0 N–H and O–H groups in total. The number of hydrogen-bond acceptors (Lipinski definition) is 4. The van der Waals surface area contributed by atoms with Crippen LogP contribution in [0, 0.1) is 3.57 Å². The standard InChI is InChI=1S/C23H13Br2IN2O2S/c24-15-7-5-13(6-8-15)12-30-21-16(25)9-14(10-17(21)26)11-20-22(29)28-19-4-2-1-3-18(19)27-23(28)31-20/h1-11H,12H2/b20-11-. The molecule has 0 bridgehead atoms. The lowest BCUT2D eigenvalue weighted by molar-refractivity contribution is 0.302. The molecule has 2 aromatic heterocycles. The van der Waals surface area contributed by atoms with Crippen LogP contribution < -0.4 is 14.8 Å². The molecule has 0 fully saturated rings. The van der Waals surface area contributed by atoms with E-state index in [-0.39, 0.29) is 5.56 Å². The Labute approximate surface area is 212 Å². The summed E-state index contributed by atoms with van der Waals surface area (Å²) in [6, 6.07) is 19.7. The summed E-state index contributed by atoms with van der Waals surface area (Å²) in [6.45, 7) is 0.477. The number of nitrogens with zero attached hydrogens (tertiary/aromatic N) is 2. The first-order valence-corrected chi connectivity index (χ1v) is 12.8. The molecule has 0 amide bonds. The fourth-order valence-electron chi connectivity index (χ4n) is 3.30. The Kier molecular flexibility index (Phi) is 5.89. The minimum Gasteiger partial charge on any atom is -0.487 e. The van der Waals surface area contributed by atoms with Crippen LogP contribution in [-0.2, 0) is 6.61 Å². The summed E-state index contributed by atoms with van der Waals surface area (Å²) in [5, 5.41) is 0. The molecule has 0 spiro atoms. The van der Waals surface area contributed by atoms with Gasteiger partial charge in [-0.05, 0) is 92.1 Å². The normalized spacial score (nSPS) is 12.2. The van der Waals surface area contributed by atoms with Gasteiger partial charge in [0.05, 0.1) is 23.6 Å². The molecule has 4 nitrogen and oxygen atoms in total. The Morgan fingerprint density at radius 1 is 1.10 bits per heavy atom. The molecule has 0 aliphatic rings. The number of fused-ring (bicyclic) bond motifs is 3. The summed E-state index contributed by atoms with van der Waals surface area (Å²) < 4.78 is 11.2. The van der Waals surface area contributed by atoms with E-state index in [1.165, 1.54) is 11.3 Å². The molecular weight excluding hydrogens is 655 g/mol. The number of imidazole rings is 1. The second kappa shape index (κ2) is 8.65. The van der Waals surface area contributed by atoms with Crippen LogP contribution in [0.4, 0.5) is 0 Å². The molecule has 0 saturated carbocycles. The molecule has 154 valence electrons. The zero-order chi connectivity index (χ0) is 21.5. The minimum atomic E-state index is -0.0459. The van der Waals surface area contributed by atoms with Crippen molar-refractivity contribution in [3.8, 4) is 5.75 Å². The lowest BCUT2D eigenvalue weighted by Crippen LogP contribution is -2.22. The number of hydrogen-bond donors (Lipinski definition) is 0. The maximum atomic E-state index is 13.0. The summed E-state index contributed by atoms with van der Waals surface area (Å²) in [5.74, 6) is 0.787. The summed E-state index contributed by atoms with van der Waals surface area (Å²) in [7, 11) is 0. The zero-order valence-corrected chi connectivity index (χ0v) is 22.0. The Morgan fingerprint density at radius 2 is 1.87 bits per heavy atom. The third kappa shape index (κ3) is 4.18. The van der Waals surface area contributed by atoms with Gasteiger partial charge in [0.15, 0.2) is 4.96 Å². The van der Waals surface area contributed by atoms with Crippen LogP contribution in [0.15, 0.2) is 74.4 Å². The van der Waals surface area contributed by atoms with E-state index in [0.717, 1.165) is 40.4 Å². The Morgan fingerprint density at radius 3 is 2.65 bits per heavy atom. The largest absolute Gasteiger partial charge is 0.487 e. The molecule has 0 saturated heterocycles. The van der Waals surface area contributed by atoms with Gasteiger partial charge < -0.3 is 4.74 Å². The first-order chi connectivity index (χ1) is 15.0. The van der Waals surface area contributed by atoms with Gasteiger partial charge in [-0.25, -0.2) is 9.38 Å². The van der Waals surface area contributed by atoms with Gasteiger partial charge in [0.1, 0.15) is 12.4 Å². The smallest absolute Gasteiger partial charge is 0.274 e. The molecule has 5 aromatic rings. The van der Waals surface area contributed by atoms with Gasteiger partial charge in [-0.15, -0.1) is 0 Å². The molecule has 0 unspecified atom stereocenters. The summed E-state index contributed by atoms with van der Waals surface area (Å²) >= 11 is 10.7. The van der Waals surface area contributed by atoms with Crippen LogP contribution in [0.1, 0.15) is 11.1 Å². The van der Waals surface area contributed by atoms with E-state index in [0.29, 0.717) is 16.1 Å². The number of rotatable bonds is 4.